The first-order chi connectivity index (χ1) is 11.3. The molecular formula is C16H20N4O3. The molecule has 1 aliphatic rings. The Balaban J connectivity index is 1.66. The van der Waals surface area contributed by atoms with E-state index < -0.39 is 0 Å². The molecule has 0 aliphatic carbocycles. The monoisotopic (exact) mass is 316 g/mol. The Bertz CT molecular complexity index is 644. The summed E-state index contributed by atoms with van der Waals surface area (Å²) in [4.78, 5) is 22.8. The minimum absolute atomic E-state index is 0.000773. The van der Waals surface area contributed by atoms with Gasteiger partial charge in [-0.3, -0.25) is 9.78 Å². The van der Waals surface area contributed by atoms with Crippen molar-refractivity contribution < 1.29 is 14.1 Å². The molecule has 1 atom stereocenters. The van der Waals surface area contributed by atoms with Crippen LogP contribution in [0.5, 0.6) is 0 Å². The first kappa shape index (κ1) is 15.6. The Hall–Kier alpha value is -2.28. The van der Waals surface area contributed by atoms with E-state index in [9.17, 15) is 4.79 Å². The molecule has 1 saturated heterocycles. The molecule has 1 fully saturated rings. The third-order valence-corrected chi connectivity index (χ3v) is 3.90. The molecule has 0 radical (unpaired) electrons. The van der Waals surface area contributed by atoms with Crippen LogP contribution in [0.2, 0.25) is 0 Å². The number of carbonyl (C=O) groups is 1. The van der Waals surface area contributed by atoms with Gasteiger partial charge in [0.05, 0.1) is 5.56 Å². The number of pyridine rings is 1. The summed E-state index contributed by atoms with van der Waals surface area (Å²) in [5.41, 5.74) is 0.610. The smallest absolute Gasteiger partial charge is 0.255 e. The van der Waals surface area contributed by atoms with Gasteiger partial charge in [-0.15, -0.1) is 0 Å². The highest BCUT2D eigenvalue weighted by atomic mass is 16.5. The number of aromatic nitrogens is 3. The van der Waals surface area contributed by atoms with E-state index in [-0.39, 0.29) is 11.8 Å². The molecule has 0 saturated carbocycles. The molecule has 1 amide bonds. The van der Waals surface area contributed by atoms with Gasteiger partial charge in [0.25, 0.3) is 11.8 Å². The molecule has 3 heterocycles. The quantitative estimate of drug-likeness (QED) is 0.839. The number of hydrogen-bond acceptors (Lipinski definition) is 6. The summed E-state index contributed by atoms with van der Waals surface area (Å²) < 4.78 is 10.5. The summed E-state index contributed by atoms with van der Waals surface area (Å²) in [6.45, 7) is 4.19. The Kier molecular flexibility index (Phi) is 4.97. The van der Waals surface area contributed by atoms with Crippen molar-refractivity contribution in [2.45, 2.75) is 32.3 Å². The molecule has 2 aromatic rings. The number of piperidine rings is 1. The van der Waals surface area contributed by atoms with Crippen molar-refractivity contribution in [1.82, 2.24) is 20.0 Å². The highest BCUT2D eigenvalue weighted by Gasteiger charge is 2.28. The van der Waals surface area contributed by atoms with Gasteiger partial charge in [-0.25, -0.2) is 0 Å². The van der Waals surface area contributed by atoms with Crippen LogP contribution in [-0.2, 0) is 11.3 Å². The van der Waals surface area contributed by atoms with Crippen molar-refractivity contribution in [3.8, 4) is 0 Å². The SMILES string of the molecule is CCOCc1nc(C2CCCN(C(=O)c3cccnc3)C2)no1. The van der Waals surface area contributed by atoms with Crippen LogP contribution in [0.1, 0.15) is 47.8 Å². The van der Waals surface area contributed by atoms with Crippen LogP contribution in [0.3, 0.4) is 0 Å². The van der Waals surface area contributed by atoms with E-state index in [1.807, 2.05) is 11.8 Å². The van der Waals surface area contributed by atoms with Crippen LogP contribution in [0, 0.1) is 0 Å². The summed E-state index contributed by atoms with van der Waals surface area (Å²) in [6.07, 6.45) is 5.13. The molecule has 1 aliphatic heterocycles. The molecule has 23 heavy (non-hydrogen) atoms. The molecule has 0 N–H and O–H groups in total. The second-order valence-electron chi connectivity index (χ2n) is 5.52. The fraction of sp³-hybridized carbons (Fsp3) is 0.500. The number of nitrogens with zero attached hydrogens (tertiary/aromatic N) is 4. The Morgan fingerprint density at radius 2 is 2.43 bits per heavy atom. The minimum atomic E-state index is 0.000773. The molecule has 7 nitrogen and oxygen atoms in total. The fourth-order valence-corrected chi connectivity index (χ4v) is 2.73. The average Bonchev–Trinajstić information content (AvgIpc) is 3.09. The fourth-order valence-electron chi connectivity index (χ4n) is 2.73. The van der Waals surface area contributed by atoms with Crippen LogP contribution < -0.4 is 0 Å². The van der Waals surface area contributed by atoms with Crippen molar-refractivity contribution >= 4 is 5.91 Å². The minimum Gasteiger partial charge on any atom is -0.372 e. The topological polar surface area (TPSA) is 81.4 Å². The zero-order valence-corrected chi connectivity index (χ0v) is 13.1. The summed E-state index contributed by atoms with van der Waals surface area (Å²) in [7, 11) is 0. The molecule has 7 heteroatoms. The number of carbonyl (C=O) groups excluding carboxylic acids is 1. The summed E-state index contributed by atoms with van der Waals surface area (Å²) in [5, 5.41) is 4.04. The lowest BCUT2D eigenvalue weighted by Crippen LogP contribution is -2.39. The van der Waals surface area contributed by atoms with E-state index in [0.29, 0.717) is 37.0 Å². The number of amides is 1. The van der Waals surface area contributed by atoms with Gasteiger partial charge in [0, 0.05) is 38.0 Å². The largest absolute Gasteiger partial charge is 0.372 e. The molecule has 122 valence electrons. The molecule has 0 bridgehead atoms. The van der Waals surface area contributed by atoms with E-state index in [4.69, 9.17) is 9.26 Å². The first-order valence-electron chi connectivity index (χ1n) is 7.87. The summed E-state index contributed by atoms with van der Waals surface area (Å²) in [5.74, 6) is 1.24. The van der Waals surface area contributed by atoms with Crippen LogP contribution in [0.15, 0.2) is 29.0 Å². The van der Waals surface area contributed by atoms with E-state index >= 15 is 0 Å². The van der Waals surface area contributed by atoms with Crippen molar-refractivity contribution in [1.29, 1.82) is 0 Å². The van der Waals surface area contributed by atoms with Crippen LogP contribution in [0.25, 0.3) is 0 Å². The molecule has 3 rings (SSSR count). The molecule has 2 aromatic heterocycles. The van der Waals surface area contributed by atoms with Crippen molar-refractivity contribution in [2.24, 2.45) is 0 Å². The van der Waals surface area contributed by atoms with E-state index in [1.165, 1.54) is 0 Å². The maximum Gasteiger partial charge on any atom is 0.255 e. The van der Waals surface area contributed by atoms with Gasteiger partial charge in [-0.05, 0) is 31.9 Å². The predicted octanol–water partition coefficient (Wildman–Crippen LogP) is 2.02. The highest BCUT2D eigenvalue weighted by Crippen LogP contribution is 2.26. The van der Waals surface area contributed by atoms with E-state index in [2.05, 4.69) is 15.1 Å². The zero-order valence-electron chi connectivity index (χ0n) is 13.1. The average molecular weight is 316 g/mol. The third-order valence-electron chi connectivity index (χ3n) is 3.90. The third kappa shape index (κ3) is 3.73. The van der Waals surface area contributed by atoms with Gasteiger partial charge in [-0.1, -0.05) is 5.16 Å². The molecular weight excluding hydrogens is 296 g/mol. The van der Waals surface area contributed by atoms with Crippen molar-refractivity contribution in [2.75, 3.05) is 19.7 Å². The van der Waals surface area contributed by atoms with E-state index in [0.717, 1.165) is 19.4 Å². The number of hydrogen-bond donors (Lipinski definition) is 0. The lowest BCUT2D eigenvalue weighted by Gasteiger charge is -2.31. The van der Waals surface area contributed by atoms with Crippen LogP contribution >= 0.6 is 0 Å². The van der Waals surface area contributed by atoms with Crippen LogP contribution in [0.4, 0.5) is 0 Å². The van der Waals surface area contributed by atoms with E-state index in [1.54, 1.807) is 24.5 Å². The maximum atomic E-state index is 12.5. The van der Waals surface area contributed by atoms with Gasteiger partial charge < -0.3 is 14.2 Å². The zero-order chi connectivity index (χ0) is 16.1. The maximum absolute atomic E-state index is 12.5. The van der Waals surface area contributed by atoms with Gasteiger partial charge in [0.15, 0.2) is 5.82 Å². The van der Waals surface area contributed by atoms with Crippen molar-refractivity contribution in [3.05, 3.63) is 41.8 Å². The lowest BCUT2D eigenvalue weighted by molar-refractivity contribution is 0.0703. The highest BCUT2D eigenvalue weighted by molar-refractivity contribution is 5.93. The Morgan fingerprint density at radius 3 is 3.22 bits per heavy atom. The second-order valence-corrected chi connectivity index (χ2v) is 5.52. The second kappa shape index (κ2) is 7.32. The molecule has 0 spiro atoms. The number of rotatable bonds is 5. The first-order valence-corrected chi connectivity index (χ1v) is 7.87. The van der Waals surface area contributed by atoms with Crippen molar-refractivity contribution in [3.63, 3.8) is 0 Å². The van der Waals surface area contributed by atoms with Gasteiger partial charge in [0.1, 0.15) is 6.61 Å². The number of likely N-dealkylation sites (tertiary alicyclic amines) is 1. The summed E-state index contributed by atoms with van der Waals surface area (Å²) in [6, 6.07) is 3.56. The Morgan fingerprint density at radius 1 is 1.52 bits per heavy atom. The summed E-state index contributed by atoms with van der Waals surface area (Å²) >= 11 is 0. The standard InChI is InChI=1S/C16H20N4O3/c1-2-22-11-14-18-15(19-23-14)13-6-4-8-20(10-13)16(21)12-5-3-7-17-9-12/h3,5,7,9,13H,2,4,6,8,10-11H2,1H3. The predicted molar refractivity (Wildman–Crippen MR) is 81.7 cm³/mol. The van der Waals surface area contributed by atoms with Crippen LogP contribution in [-0.4, -0.2) is 45.6 Å². The molecule has 1 unspecified atom stereocenters. The Labute approximate surface area is 134 Å². The lowest BCUT2D eigenvalue weighted by atomic mass is 9.97. The normalized spacial score (nSPS) is 18.1. The van der Waals surface area contributed by atoms with Gasteiger partial charge in [0.2, 0.25) is 0 Å². The molecule has 0 aromatic carbocycles. The van der Waals surface area contributed by atoms with Gasteiger partial charge in [-0.2, -0.15) is 4.98 Å². The number of ether oxygens (including phenoxy) is 1. The van der Waals surface area contributed by atoms with Gasteiger partial charge >= 0.3 is 0 Å².